The van der Waals surface area contributed by atoms with Crippen LogP contribution in [0.25, 0.3) is 11.4 Å². The topological polar surface area (TPSA) is 38.1 Å². The van der Waals surface area contributed by atoms with Gasteiger partial charge in [0.15, 0.2) is 0 Å². The van der Waals surface area contributed by atoms with E-state index < -0.39 is 6.43 Å². The van der Waals surface area contributed by atoms with E-state index in [0.717, 1.165) is 0 Å². The van der Waals surface area contributed by atoms with Crippen LogP contribution in [-0.2, 0) is 11.3 Å². The molecule has 6 heteroatoms. The number of nitrogens with zero attached hydrogens (tertiary/aromatic N) is 3. The number of aromatic nitrogens is 2. The minimum Gasteiger partial charge on any atom is -0.336 e. The summed E-state index contributed by atoms with van der Waals surface area (Å²) in [5, 5.41) is 0. The number of hydrogen-bond acceptors (Lipinski definition) is 2. The first-order chi connectivity index (χ1) is 10.3. The SMILES string of the molecule is CC(C)N(C(=O)Cn1cccc2cc(C(F)F)nc1-2)C(C)C. The first kappa shape index (κ1) is 16.4. The summed E-state index contributed by atoms with van der Waals surface area (Å²) < 4.78 is 27.2. The van der Waals surface area contributed by atoms with E-state index in [2.05, 4.69) is 4.98 Å². The van der Waals surface area contributed by atoms with Crippen LogP contribution >= 0.6 is 0 Å². The van der Waals surface area contributed by atoms with Crippen LogP contribution in [0, 0.1) is 0 Å². The third-order valence-electron chi connectivity index (χ3n) is 3.54. The van der Waals surface area contributed by atoms with Gasteiger partial charge >= 0.3 is 0 Å². The molecule has 0 atom stereocenters. The van der Waals surface area contributed by atoms with Crippen molar-refractivity contribution in [2.75, 3.05) is 0 Å². The highest BCUT2D eigenvalue weighted by molar-refractivity contribution is 5.77. The third-order valence-corrected chi connectivity index (χ3v) is 3.54. The second-order valence-electron chi connectivity index (χ2n) is 5.89. The molecule has 0 radical (unpaired) electrons. The van der Waals surface area contributed by atoms with E-state index >= 15 is 0 Å². The number of fused-ring (bicyclic) bond motifs is 1. The van der Waals surface area contributed by atoms with Gasteiger partial charge in [-0.3, -0.25) is 4.79 Å². The third kappa shape index (κ3) is 3.26. The highest BCUT2D eigenvalue weighted by Gasteiger charge is 2.23. The number of halogens is 2. The Morgan fingerprint density at radius 1 is 1.27 bits per heavy atom. The van der Waals surface area contributed by atoms with Gasteiger partial charge in [0.25, 0.3) is 6.43 Å². The number of amides is 1. The van der Waals surface area contributed by atoms with Gasteiger partial charge in [0.2, 0.25) is 5.91 Å². The molecule has 0 fully saturated rings. The average Bonchev–Trinajstić information content (AvgIpc) is 2.82. The Bertz CT molecular complexity index is 614. The number of carbonyl (C=O) groups is 1. The fourth-order valence-electron chi connectivity index (χ4n) is 2.76. The van der Waals surface area contributed by atoms with Crippen LogP contribution < -0.4 is 0 Å². The molecule has 0 saturated carbocycles. The van der Waals surface area contributed by atoms with Crippen molar-refractivity contribution in [2.45, 2.75) is 52.7 Å². The first-order valence-electron chi connectivity index (χ1n) is 7.36. The zero-order valence-corrected chi connectivity index (χ0v) is 13.3. The molecule has 1 amide bonds. The molecule has 0 spiro atoms. The number of alkyl halides is 2. The molecular formula is C16H21F2N3O. The van der Waals surface area contributed by atoms with Gasteiger partial charge in [-0.15, -0.1) is 0 Å². The minimum absolute atomic E-state index is 0.0518. The zero-order chi connectivity index (χ0) is 16.4. The number of hydrogen-bond donors (Lipinski definition) is 0. The Balaban J connectivity index is 2.30. The molecule has 0 aromatic carbocycles. The largest absolute Gasteiger partial charge is 0.336 e. The van der Waals surface area contributed by atoms with E-state index in [1.807, 2.05) is 27.7 Å². The molecule has 2 rings (SSSR count). The Hall–Kier alpha value is -1.98. The number of pyridine rings is 1. The Kier molecular flexibility index (Phi) is 4.78. The maximum atomic E-state index is 12.8. The van der Waals surface area contributed by atoms with Crippen molar-refractivity contribution < 1.29 is 13.6 Å². The Morgan fingerprint density at radius 3 is 2.45 bits per heavy atom. The molecule has 0 aromatic rings. The van der Waals surface area contributed by atoms with Crippen molar-refractivity contribution in [3.8, 4) is 11.4 Å². The second kappa shape index (κ2) is 6.42. The summed E-state index contributed by atoms with van der Waals surface area (Å²) in [4.78, 5) is 18.2. The van der Waals surface area contributed by atoms with Crippen molar-refractivity contribution in [1.29, 1.82) is 0 Å². The fourth-order valence-corrected chi connectivity index (χ4v) is 2.76. The van der Waals surface area contributed by atoms with Crippen LogP contribution in [0.2, 0.25) is 0 Å². The van der Waals surface area contributed by atoms with E-state index in [-0.39, 0.29) is 30.2 Å². The van der Waals surface area contributed by atoms with E-state index in [0.29, 0.717) is 11.4 Å². The smallest absolute Gasteiger partial charge is 0.280 e. The van der Waals surface area contributed by atoms with Crippen LogP contribution in [-0.4, -0.2) is 32.4 Å². The van der Waals surface area contributed by atoms with Gasteiger partial charge in [-0.2, -0.15) is 0 Å². The Morgan fingerprint density at radius 2 is 1.91 bits per heavy atom. The van der Waals surface area contributed by atoms with Crippen LogP contribution in [0.5, 0.6) is 0 Å². The summed E-state index contributed by atoms with van der Waals surface area (Å²) in [6.45, 7) is 7.92. The summed E-state index contributed by atoms with van der Waals surface area (Å²) in [6.07, 6.45) is -0.916. The molecule has 22 heavy (non-hydrogen) atoms. The van der Waals surface area contributed by atoms with Gasteiger partial charge in [0.1, 0.15) is 18.1 Å². The fraction of sp³-hybridized carbons (Fsp3) is 0.500. The van der Waals surface area contributed by atoms with Crippen LogP contribution in [0.1, 0.15) is 39.8 Å². The van der Waals surface area contributed by atoms with Crippen LogP contribution in [0.3, 0.4) is 0 Å². The van der Waals surface area contributed by atoms with E-state index in [1.165, 1.54) is 6.07 Å². The zero-order valence-electron chi connectivity index (χ0n) is 13.3. The molecule has 4 nitrogen and oxygen atoms in total. The quantitative estimate of drug-likeness (QED) is 0.847. The molecule has 2 aliphatic rings. The molecule has 0 N–H and O–H groups in total. The molecule has 0 aliphatic carbocycles. The second-order valence-corrected chi connectivity index (χ2v) is 5.89. The highest BCUT2D eigenvalue weighted by atomic mass is 19.3. The highest BCUT2D eigenvalue weighted by Crippen LogP contribution is 2.27. The molecule has 0 saturated heterocycles. The lowest BCUT2D eigenvalue weighted by atomic mass is 10.2. The predicted octanol–water partition coefficient (Wildman–Crippen LogP) is 3.57. The standard InChI is InChI=1S/C16H21F2N3O/c1-10(2)21(11(3)4)14(22)9-20-7-5-6-12-8-13(15(17)18)19-16(12)20/h5-8,10-11,15H,9H2,1-4H3. The molecular weight excluding hydrogens is 288 g/mol. The molecule has 0 unspecified atom stereocenters. The lowest BCUT2D eigenvalue weighted by Crippen LogP contribution is -2.43. The number of rotatable bonds is 5. The van der Waals surface area contributed by atoms with Crippen molar-refractivity contribution in [3.05, 3.63) is 30.1 Å². The van der Waals surface area contributed by atoms with Gasteiger partial charge in [-0.1, -0.05) is 0 Å². The number of carbonyl (C=O) groups excluding carboxylic acids is 1. The Labute approximate surface area is 129 Å². The van der Waals surface area contributed by atoms with Gasteiger partial charge in [-0.25, -0.2) is 13.8 Å². The van der Waals surface area contributed by atoms with Gasteiger partial charge < -0.3 is 9.47 Å². The van der Waals surface area contributed by atoms with E-state index in [4.69, 9.17) is 0 Å². The van der Waals surface area contributed by atoms with Crippen molar-refractivity contribution in [1.82, 2.24) is 14.5 Å². The monoisotopic (exact) mass is 309 g/mol. The lowest BCUT2D eigenvalue weighted by Gasteiger charge is -2.31. The normalized spacial score (nSPS) is 11.9. The van der Waals surface area contributed by atoms with Crippen LogP contribution in [0.15, 0.2) is 24.4 Å². The van der Waals surface area contributed by atoms with E-state index in [1.54, 1.807) is 27.8 Å². The maximum absolute atomic E-state index is 12.8. The van der Waals surface area contributed by atoms with Crippen molar-refractivity contribution in [3.63, 3.8) is 0 Å². The van der Waals surface area contributed by atoms with Crippen molar-refractivity contribution in [2.24, 2.45) is 0 Å². The van der Waals surface area contributed by atoms with Crippen molar-refractivity contribution >= 4 is 5.91 Å². The summed E-state index contributed by atoms with van der Waals surface area (Å²) in [7, 11) is 0. The van der Waals surface area contributed by atoms with Gasteiger partial charge in [-0.05, 0) is 45.9 Å². The molecule has 120 valence electrons. The molecule has 0 aromatic heterocycles. The minimum atomic E-state index is -2.61. The summed E-state index contributed by atoms with van der Waals surface area (Å²) in [5.74, 6) is 0.364. The summed E-state index contributed by atoms with van der Waals surface area (Å²) in [6, 6.07) is 4.98. The average molecular weight is 309 g/mol. The first-order valence-corrected chi connectivity index (χ1v) is 7.36. The summed E-state index contributed by atoms with van der Waals surface area (Å²) >= 11 is 0. The predicted molar refractivity (Wildman–Crippen MR) is 80.9 cm³/mol. The summed E-state index contributed by atoms with van der Waals surface area (Å²) in [5.41, 5.74) is 0.359. The maximum Gasteiger partial charge on any atom is 0.280 e. The molecule has 2 aliphatic heterocycles. The van der Waals surface area contributed by atoms with E-state index in [9.17, 15) is 13.6 Å². The van der Waals surface area contributed by atoms with Gasteiger partial charge in [0.05, 0.1) is 0 Å². The van der Waals surface area contributed by atoms with Crippen LogP contribution in [0.4, 0.5) is 8.78 Å². The molecule has 2 heterocycles. The molecule has 0 bridgehead atoms. The lowest BCUT2D eigenvalue weighted by molar-refractivity contribution is -0.135. The van der Waals surface area contributed by atoms with Gasteiger partial charge in [0, 0.05) is 23.8 Å².